The molecule has 11 nitrogen and oxygen atoms in total. The summed E-state index contributed by atoms with van der Waals surface area (Å²) in [5.74, 6) is 0.690. The molecule has 7 rings (SSSR count). The number of pyridine rings is 1. The van der Waals surface area contributed by atoms with Gasteiger partial charge in [-0.05, 0) is 79.2 Å². The molecule has 2 aromatic heterocycles. The maximum atomic E-state index is 13.2. The standard InChI is InChI=1S/C33H35N9O2/c43-30(42-18-16-41(17-19-42)27-5-2-24(3-6-27)32-35-11-1-12-36-32)22-40-15-10-25(21-40)33(44)37-26-4-7-29-28(20-26)31(39-38-29)23-8-13-34-14-9-23/h1-9,11-14,20,25,31,38-39H,10,15-19,21-22H2,(H,37,44). The van der Waals surface area contributed by atoms with Crippen molar-refractivity contribution in [1.29, 1.82) is 0 Å². The molecule has 2 saturated heterocycles. The van der Waals surface area contributed by atoms with Gasteiger partial charge in [0.2, 0.25) is 11.8 Å². The number of nitrogens with zero attached hydrogens (tertiary/aromatic N) is 6. The van der Waals surface area contributed by atoms with E-state index < -0.39 is 0 Å². The number of fused-ring (bicyclic) bond motifs is 1. The Bertz CT molecular complexity index is 1610. The van der Waals surface area contributed by atoms with Crippen LogP contribution in [0.1, 0.15) is 23.6 Å². The van der Waals surface area contributed by atoms with Crippen LogP contribution in [0.2, 0.25) is 0 Å². The molecule has 5 heterocycles. The fourth-order valence-corrected chi connectivity index (χ4v) is 6.25. The van der Waals surface area contributed by atoms with Crippen molar-refractivity contribution in [3.05, 3.63) is 96.6 Å². The van der Waals surface area contributed by atoms with Crippen LogP contribution in [0.25, 0.3) is 11.4 Å². The first-order chi connectivity index (χ1) is 21.6. The second-order valence-corrected chi connectivity index (χ2v) is 11.5. The molecule has 0 bridgehead atoms. The van der Waals surface area contributed by atoms with Gasteiger partial charge in [-0.25, -0.2) is 15.4 Å². The van der Waals surface area contributed by atoms with Gasteiger partial charge in [0.1, 0.15) is 0 Å². The highest BCUT2D eigenvalue weighted by atomic mass is 16.2. The summed E-state index contributed by atoms with van der Waals surface area (Å²) in [6, 6.07) is 19.9. The molecule has 4 aromatic rings. The van der Waals surface area contributed by atoms with Crippen molar-refractivity contribution < 1.29 is 9.59 Å². The van der Waals surface area contributed by atoms with Gasteiger partial charge in [0.25, 0.3) is 0 Å². The highest BCUT2D eigenvalue weighted by molar-refractivity contribution is 5.93. The maximum Gasteiger partial charge on any atom is 0.236 e. The molecule has 0 spiro atoms. The molecular weight excluding hydrogens is 554 g/mol. The number of anilines is 3. The first kappa shape index (κ1) is 27.9. The minimum absolute atomic E-state index is 0.00210. The van der Waals surface area contributed by atoms with Gasteiger partial charge in [-0.2, -0.15) is 0 Å². The predicted octanol–water partition coefficient (Wildman–Crippen LogP) is 3.17. The van der Waals surface area contributed by atoms with Crippen LogP contribution in [0.4, 0.5) is 17.1 Å². The number of amides is 2. The minimum atomic E-state index is -0.149. The Labute approximate surface area is 256 Å². The highest BCUT2D eigenvalue weighted by Gasteiger charge is 2.32. The van der Waals surface area contributed by atoms with Crippen LogP contribution < -0.4 is 21.1 Å². The number of rotatable bonds is 7. The zero-order valence-corrected chi connectivity index (χ0v) is 24.4. The molecule has 11 heteroatoms. The lowest BCUT2D eigenvalue weighted by atomic mass is 9.99. The summed E-state index contributed by atoms with van der Waals surface area (Å²) in [5.41, 5.74) is 12.6. The third-order valence-corrected chi connectivity index (χ3v) is 8.71. The second kappa shape index (κ2) is 12.4. The fraction of sp³-hybridized carbons (Fsp3) is 0.303. The van der Waals surface area contributed by atoms with Gasteiger partial charge in [-0.15, -0.1) is 0 Å². The molecule has 3 aliphatic rings. The lowest BCUT2D eigenvalue weighted by Crippen LogP contribution is -2.51. The van der Waals surface area contributed by atoms with Gasteiger partial charge in [0, 0.05) is 80.0 Å². The first-order valence-electron chi connectivity index (χ1n) is 15.1. The smallest absolute Gasteiger partial charge is 0.236 e. The van der Waals surface area contributed by atoms with E-state index in [0.717, 1.165) is 59.8 Å². The van der Waals surface area contributed by atoms with E-state index in [9.17, 15) is 9.59 Å². The Morgan fingerprint density at radius 1 is 0.886 bits per heavy atom. The summed E-state index contributed by atoms with van der Waals surface area (Å²) in [6.07, 6.45) is 7.78. The molecule has 224 valence electrons. The molecule has 2 unspecified atom stereocenters. The molecule has 44 heavy (non-hydrogen) atoms. The van der Waals surface area contributed by atoms with Crippen LogP contribution in [0.3, 0.4) is 0 Å². The molecule has 0 aliphatic carbocycles. The molecule has 2 amide bonds. The molecule has 2 fully saturated rings. The Kier molecular flexibility index (Phi) is 7.87. The quantitative estimate of drug-likeness (QED) is 0.299. The predicted molar refractivity (Wildman–Crippen MR) is 169 cm³/mol. The van der Waals surface area contributed by atoms with E-state index in [1.165, 1.54) is 0 Å². The number of nitrogens with one attached hydrogen (secondary N) is 3. The first-order valence-corrected chi connectivity index (χ1v) is 15.1. The number of carbonyl (C=O) groups excluding carboxylic acids is 2. The third-order valence-electron chi connectivity index (χ3n) is 8.71. The Hall–Kier alpha value is -4.87. The van der Waals surface area contributed by atoms with Crippen molar-refractivity contribution in [3.63, 3.8) is 0 Å². The normalized spacial score (nSPS) is 19.8. The number of piperazine rings is 1. The largest absolute Gasteiger partial charge is 0.368 e. The van der Waals surface area contributed by atoms with Crippen molar-refractivity contribution in [2.45, 2.75) is 12.5 Å². The zero-order valence-electron chi connectivity index (χ0n) is 24.4. The van der Waals surface area contributed by atoms with Crippen molar-refractivity contribution >= 4 is 28.9 Å². The molecule has 2 aromatic carbocycles. The number of hydrogen-bond donors (Lipinski definition) is 3. The van der Waals surface area contributed by atoms with Crippen LogP contribution >= 0.6 is 0 Å². The summed E-state index contributed by atoms with van der Waals surface area (Å²) >= 11 is 0. The Balaban J connectivity index is 0.884. The van der Waals surface area contributed by atoms with E-state index in [-0.39, 0.29) is 23.8 Å². The van der Waals surface area contributed by atoms with E-state index in [1.54, 1.807) is 24.8 Å². The van der Waals surface area contributed by atoms with Gasteiger partial charge in [0.15, 0.2) is 5.82 Å². The molecule has 0 radical (unpaired) electrons. The Morgan fingerprint density at radius 2 is 1.66 bits per heavy atom. The van der Waals surface area contributed by atoms with Gasteiger partial charge >= 0.3 is 0 Å². The van der Waals surface area contributed by atoms with Crippen LogP contribution in [0.15, 0.2) is 85.5 Å². The van der Waals surface area contributed by atoms with Gasteiger partial charge in [-0.1, -0.05) is 0 Å². The molecule has 2 atom stereocenters. The number of carbonyl (C=O) groups is 2. The number of benzene rings is 2. The van der Waals surface area contributed by atoms with Gasteiger partial charge < -0.3 is 20.5 Å². The third kappa shape index (κ3) is 5.97. The highest BCUT2D eigenvalue weighted by Crippen LogP contribution is 2.35. The summed E-state index contributed by atoms with van der Waals surface area (Å²) in [7, 11) is 0. The summed E-state index contributed by atoms with van der Waals surface area (Å²) in [4.78, 5) is 45.5. The number of hydrogen-bond acceptors (Lipinski definition) is 9. The van der Waals surface area contributed by atoms with Crippen LogP contribution in [0.5, 0.6) is 0 Å². The molecular formula is C33H35N9O2. The van der Waals surface area contributed by atoms with Crippen molar-refractivity contribution in [3.8, 4) is 11.4 Å². The summed E-state index contributed by atoms with van der Waals surface area (Å²) in [5, 5.41) is 3.11. The van der Waals surface area contributed by atoms with Crippen LogP contribution in [-0.2, 0) is 9.59 Å². The average molecular weight is 590 g/mol. The number of hydrazine groups is 1. The monoisotopic (exact) mass is 589 g/mol. The maximum absolute atomic E-state index is 13.2. The average Bonchev–Trinajstić information content (AvgIpc) is 3.73. The van der Waals surface area contributed by atoms with E-state index in [4.69, 9.17) is 0 Å². The van der Waals surface area contributed by atoms with Crippen molar-refractivity contribution in [1.82, 2.24) is 30.2 Å². The van der Waals surface area contributed by atoms with E-state index in [2.05, 4.69) is 53.1 Å². The molecule has 3 N–H and O–H groups in total. The minimum Gasteiger partial charge on any atom is -0.368 e. The van der Waals surface area contributed by atoms with Gasteiger partial charge in [0.05, 0.1) is 24.2 Å². The lowest BCUT2D eigenvalue weighted by molar-refractivity contribution is -0.132. The number of likely N-dealkylation sites (tertiary alicyclic amines) is 1. The fourth-order valence-electron chi connectivity index (χ4n) is 6.25. The SMILES string of the molecule is O=C(Nc1ccc2c(c1)C(c1ccncc1)NN2)C1CCN(CC(=O)N2CCN(c3ccc(-c4ncccn4)cc3)CC2)C1. The molecule has 3 aliphatic heterocycles. The van der Waals surface area contributed by atoms with Gasteiger partial charge in [-0.3, -0.25) is 19.5 Å². The zero-order chi connectivity index (χ0) is 29.9. The van der Waals surface area contributed by atoms with E-state index >= 15 is 0 Å². The van der Waals surface area contributed by atoms with E-state index in [1.807, 2.05) is 53.4 Å². The van der Waals surface area contributed by atoms with E-state index in [0.29, 0.717) is 32.0 Å². The van der Waals surface area contributed by atoms with Crippen LogP contribution in [-0.4, -0.2) is 82.4 Å². The molecule has 0 saturated carbocycles. The summed E-state index contributed by atoms with van der Waals surface area (Å²) in [6.45, 7) is 4.61. The topological polar surface area (TPSA) is 119 Å². The van der Waals surface area contributed by atoms with Crippen LogP contribution in [0, 0.1) is 5.92 Å². The Morgan fingerprint density at radius 3 is 2.43 bits per heavy atom. The second-order valence-electron chi connectivity index (χ2n) is 11.5. The summed E-state index contributed by atoms with van der Waals surface area (Å²) < 4.78 is 0. The van der Waals surface area contributed by atoms with Crippen molar-refractivity contribution in [2.75, 3.05) is 61.5 Å². The number of aromatic nitrogens is 3. The lowest BCUT2D eigenvalue weighted by Gasteiger charge is -2.36. The van der Waals surface area contributed by atoms with Crippen molar-refractivity contribution in [2.24, 2.45) is 5.92 Å².